The second-order valence-electron chi connectivity index (χ2n) is 2.03. The van der Waals surface area contributed by atoms with Gasteiger partial charge in [0.15, 0.2) is 0 Å². The highest BCUT2D eigenvalue weighted by Gasteiger charge is 2.17. The van der Waals surface area contributed by atoms with Crippen molar-refractivity contribution in [3.05, 3.63) is 0 Å². The third-order valence-electron chi connectivity index (χ3n) is 1.33. The van der Waals surface area contributed by atoms with Crippen molar-refractivity contribution in [3.63, 3.8) is 0 Å². The summed E-state index contributed by atoms with van der Waals surface area (Å²) in [7, 11) is 0. The Morgan fingerprint density at radius 1 is 1.38 bits per heavy atom. The van der Waals surface area contributed by atoms with Crippen molar-refractivity contribution in [1.82, 2.24) is 0 Å². The SMILES string of the molecule is CCC(N)(CS)CS. The van der Waals surface area contributed by atoms with Crippen molar-refractivity contribution in [2.45, 2.75) is 18.9 Å². The third kappa shape index (κ3) is 2.29. The summed E-state index contributed by atoms with van der Waals surface area (Å²) in [6.07, 6.45) is 0.944. The van der Waals surface area contributed by atoms with E-state index in [0.717, 1.165) is 6.42 Å². The van der Waals surface area contributed by atoms with Crippen LogP contribution >= 0.6 is 25.3 Å². The highest BCUT2D eigenvalue weighted by atomic mass is 32.1. The summed E-state index contributed by atoms with van der Waals surface area (Å²) in [5, 5.41) is 0. The summed E-state index contributed by atoms with van der Waals surface area (Å²) in [6, 6.07) is 0. The van der Waals surface area contributed by atoms with Crippen molar-refractivity contribution in [3.8, 4) is 0 Å². The van der Waals surface area contributed by atoms with E-state index in [1.165, 1.54) is 0 Å². The van der Waals surface area contributed by atoms with E-state index in [0.29, 0.717) is 11.5 Å². The van der Waals surface area contributed by atoms with E-state index in [2.05, 4.69) is 25.3 Å². The molecule has 0 aromatic rings. The minimum atomic E-state index is -0.147. The topological polar surface area (TPSA) is 26.0 Å². The molecule has 3 heteroatoms. The molecular formula is C5H13NS2. The molecule has 0 saturated heterocycles. The molecule has 0 aromatic heterocycles. The maximum absolute atomic E-state index is 5.74. The molecule has 0 rings (SSSR count). The van der Waals surface area contributed by atoms with Gasteiger partial charge in [-0.2, -0.15) is 25.3 Å². The standard InChI is InChI=1S/C5H13NS2/c1-2-5(6,3-7)4-8/h7-8H,2-4,6H2,1H3. The Kier molecular flexibility index (Phi) is 3.94. The monoisotopic (exact) mass is 151 g/mol. The molecule has 0 bridgehead atoms. The average Bonchev–Trinajstić information content (AvgIpc) is 1.87. The van der Waals surface area contributed by atoms with Gasteiger partial charge in [0.2, 0.25) is 0 Å². The van der Waals surface area contributed by atoms with E-state index < -0.39 is 0 Å². The molecular weight excluding hydrogens is 138 g/mol. The van der Waals surface area contributed by atoms with E-state index in [-0.39, 0.29) is 5.54 Å². The molecule has 0 atom stereocenters. The maximum atomic E-state index is 5.74. The summed E-state index contributed by atoms with van der Waals surface area (Å²) in [5.41, 5.74) is 5.60. The Hall–Kier alpha value is 0.660. The summed E-state index contributed by atoms with van der Waals surface area (Å²) in [5.74, 6) is 1.43. The second-order valence-corrected chi connectivity index (χ2v) is 2.66. The first kappa shape index (κ1) is 8.66. The van der Waals surface area contributed by atoms with Gasteiger partial charge in [0.05, 0.1) is 0 Å². The zero-order chi connectivity index (χ0) is 6.62. The van der Waals surface area contributed by atoms with E-state index in [4.69, 9.17) is 5.73 Å². The molecule has 1 nitrogen and oxygen atoms in total. The summed E-state index contributed by atoms with van der Waals surface area (Å²) in [6.45, 7) is 2.05. The van der Waals surface area contributed by atoms with Crippen LogP contribution in [-0.4, -0.2) is 17.0 Å². The first-order valence-corrected chi connectivity index (χ1v) is 3.95. The van der Waals surface area contributed by atoms with Gasteiger partial charge in [-0.15, -0.1) is 0 Å². The van der Waals surface area contributed by atoms with Crippen LogP contribution < -0.4 is 5.73 Å². The molecule has 0 amide bonds. The Labute approximate surface area is 61.8 Å². The lowest BCUT2D eigenvalue weighted by atomic mass is 10.0. The molecule has 0 aliphatic heterocycles. The molecule has 8 heavy (non-hydrogen) atoms. The normalized spacial score (nSPS) is 12.0. The lowest BCUT2D eigenvalue weighted by Crippen LogP contribution is -2.43. The van der Waals surface area contributed by atoms with Crippen molar-refractivity contribution < 1.29 is 0 Å². The lowest BCUT2D eigenvalue weighted by Gasteiger charge is -2.22. The third-order valence-corrected chi connectivity index (χ3v) is 2.59. The molecule has 0 radical (unpaired) electrons. The predicted octanol–water partition coefficient (Wildman–Crippen LogP) is 0.953. The number of nitrogens with two attached hydrogens (primary N) is 1. The predicted molar refractivity (Wildman–Crippen MR) is 44.9 cm³/mol. The fraction of sp³-hybridized carbons (Fsp3) is 1.00. The zero-order valence-corrected chi connectivity index (χ0v) is 6.88. The number of hydrogen-bond donors (Lipinski definition) is 3. The minimum absolute atomic E-state index is 0.147. The first-order valence-electron chi connectivity index (χ1n) is 2.69. The van der Waals surface area contributed by atoms with Gasteiger partial charge in [-0.3, -0.25) is 0 Å². The lowest BCUT2D eigenvalue weighted by molar-refractivity contribution is 0.523. The molecule has 0 spiro atoms. The van der Waals surface area contributed by atoms with Gasteiger partial charge < -0.3 is 5.73 Å². The van der Waals surface area contributed by atoms with Gasteiger partial charge in [-0.05, 0) is 6.42 Å². The van der Waals surface area contributed by atoms with E-state index in [9.17, 15) is 0 Å². The smallest absolute Gasteiger partial charge is 0.0330 e. The van der Waals surface area contributed by atoms with Gasteiger partial charge in [-0.25, -0.2) is 0 Å². The van der Waals surface area contributed by atoms with Crippen LogP contribution in [0.3, 0.4) is 0 Å². The Bertz CT molecular complexity index is 53.2. The summed E-state index contributed by atoms with van der Waals surface area (Å²) < 4.78 is 0. The average molecular weight is 151 g/mol. The number of rotatable bonds is 3. The van der Waals surface area contributed by atoms with Crippen LogP contribution in [-0.2, 0) is 0 Å². The van der Waals surface area contributed by atoms with Crippen LogP contribution in [0.4, 0.5) is 0 Å². The Balaban J connectivity index is 3.58. The fourth-order valence-electron chi connectivity index (χ4n) is 0.274. The maximum Gasteiger partial charge on any atom is 0.0330 e. The summed E-state index contributed by atoms with van der Waals surface area (Å²) in [4.78, 5) is 0. The van der Waals surface area contributed by atoms with Crippen LogP contribution in [0, 0.1) is 0 Å². The highest BCUT2D eigenvalue weighted by molar-refractivity contribution is 7.81. The molecule has 2 N–H and O–H groups in total. The largest absolute Gasteiger partial charge is 0.324 e. The molecule has 0 aromatic carbocycles. The molecule has 0 fully saturated rings. The van der Waals surface area contributed by atoms with Crippen LogP contribution in [0.25, 0.3) is 0 Å². The van der Waals surface area contributed by atoms with Crippen molar-refractivity contribution in [2.75, 3.05) is 11.5 Å². The molecule has 0 unspecified atom stereocenters. The van der Waals surface area contributed by atoms with E-state index in [1.807, 2.05) is 6.92 Å². The minimum Gasteiger partial charge on any atom is -0.324 e. The van der Waals surface area contributed by atoms with Gasteiger partial charge >= 0.3 is 0 Å². The molecule has 50 valence electrons. The second kappa shape index (κ2) is 3.64. The summed E-state index contributed by atoms with van der Waals surface area (Å²) >= 11 is 8.17. The van der Waals surface area contributed by atoms with Gasteiger partial charge in [0.25, 0.3) is 0 Å². The van der Waals surface area contributed by atoms with Crippen molar-refractivity contribution in [1.29, 1.82) is 0 Å². The molecule has 0 heterocycles. The Morgan fingerprint density at radius 2 is 1.75 bits per heavy atom. The van der Waals surface area contributed by atoms with Crippen molar-refractivity contribution >= 4 is 25.3 Å². The Morgan fingerprint density at radius 3 is 1.75 bits per heavy atom. The van der Waals surface area contributed by atoms with E-state index >= 15 is 0 Å². The highest BCUT2D eigenvalue weighted by Crippen LogP contribution is 2.09. The van der Waals surface area contributed by atoms with Crippen LogP contribution in [0.1, 0.15) is 13.3 Å². The van der Waals surface area contributed by atoms with Crippen LogP contribution in [0.15, 0.2) is 0 Å². The zero-order valence-electron chi connectivity index (χ0n) is 5.09. The van der Waals surface area contributed by atoms with Crippen LogP contribution in [0.2, 0.25) is 0 Å². The van der Waals surface area contributed by atoms with Gasteiger partial charge in [0.1, 0.15) is 0 Å². The number of hydrogen-bond acceptors (Lipinski definition) is 3. The van der Waals surface area contributed by atoms with Gasteiger partial charge in [-0.1, -0.05) is 6.92 Å². The number of thiol groups is 2. The fourth-order valence-corrected chi connectivity index (χ4v) is 1.12. The molecule has 0 aliphatic carbocycles. The van der Waals surface area contributed by atoms with Crippen molar-refractivity contribution in [2.24, 2.45) is 5.73 Å². The first-order chi connectivity index (χ1) is 3.68. The molecule has 0 aliphatic rings. The van der Waals surface area contributed by atoms with E-state index in [1.54, 1.807) is 0 Å². The quantitative estimate of drug-likeness (QED) is 0.515. The molecule has 0 saturated carbocycles. The van der Waals surface area contributed by atoms with Crippen LogP contribution in [0.5, 0.6) is 0 Å². The van der Waals surface area contributed by atoms with Gasteiger partial charge in [0, 0.05) is 17.0 Å².